The van der Waals surface area contributed by atoms with Crippen LogP contribution in [0.25, 0.3) is 28.9 Å². The van der Waals surface area contributed by atoms with E-state index in [0.29, 0.717) is 90.6 Å². The summed E-state index contributed by atoms with van der Waals surface area (Å²) < 4.78 is 5.48. The van der Waals surface area contributed by atoms with Gasteiger partial charge in [0.15, 0.2) is 40.2 Å². The largest absolute Gasteiger partial charge is 0.508 e. The molecule has 2 aliphatic carbocycles. The van der Waals surface area contributed by atoms with Crippen LogP contribution >= 0.6 is 0 Å². The number of esters is 1. The Balaban J connectivity index is 1.45. The Bertz CT molecular complexity index is 2280. The van der Waals surface area contributed by atoms with E-state index < -0.39 is 47.0 Å². The SMILES string of the molecule is CCNCC(c1cc(O)c(O)c(O)c1)C(OC(=O)C=Cc1cc(O)c(O)c2c1C=C(c1cc(O)c(O)c3c1-c1cccc(O)c1CCC3)CC2CCCNC)C(=O)O. The number of nitrogens with one attached hydrogen (secondary N) is 2. The summed E-state index contributed by atoms with van der Waals surface area (Å²) in [6.45, 7) is 2.80. The third kappa shape index (κ3) is 8.20. The van der Waals surface area contributed by atoms with Gasteiger partial charge in [-0.25, -0.2) is 9.59 Å². The van der Waals surface area contributed by atoms with E-state index >= 15 is 0 Å². The fraction of sp³-hybridized carbons (Fsp3) is 0.318. The van der Waals surface area contributed by atoms with Crippen molar-refractivity contribution in [2.75, 3.05) is 26.7 Å². The molecule has 14 nitrogen and oxygen atoms in total. The van der Waals surface area contributed by atoms with Gasteiger partial charge in [-0.05, 0) is 140 Å². The van der Waals surface area contributed by atoms with Gasteiger partial charge in [-0.3, -0.25) is 0 Å². The van der Waals surface area contributed by atoms with E-state index in [-0.39, 0.29) is 46.6 Å². The van der Waals surface area contributed by atoms with Gasteiger partial charge in [0.25, 0.3) is 0 Å². The van der Waals surface area contributed by atoms with Gasteiger partial charge >= 0.3 is 11.9 Å². The molecule has 0 fully saturated rings. The number of allylic oxidation sites excluding steroid dienone is 1. The number of aliphatic carboxylic acids is 1. The highest BCUT2D eigenvalue weighted by Crippen LogP contribution is 2.53. The van der Waals surface area contributed by atoms with Crippen LogP contribution in [0.15, 0.2) is 48.5 Å². The molecule has 3 atom stereocenters. The van der Waals surface area contributed by atoms with E-state index in [0.717, 1.165) is 23.8 Å². The van der Waals surface area contributed by atoms with Crippen molar-refractivity contribution in [3.8, 4) is 57.1 Å². The normalized spacial score (nSPS) is 15.8. The number of hydrogen-bond donors (Lipinski definition) is 11. The Morgan fingerprint density at radius 3 is 2.24 bits per heavy atom. The maximum Gasteiger partial charge on any atom is 0.345 e. The van der Waals surface area contributed by atoms with Crippen LogP contribution < -0.4 is 10.6 Å². The summed E-state index contributed by atoms with van der Waals surface area (Å²) >= 11 is 0. The van der Waals surface area contributed by atoms with Crippen LogP contribution in [0.2, 0.25) is 0 Å². The predicted molar refractivity (Wildman–Crippen MR) is 216 cm³/mol. The Hall–Kier alpha value is -6.38. The average molecular weight is 797 g/mol. The van der Waals surface area contributed by atoms with Crippen LogP contribution in [0, 0.1) is 0 Å². The minimum atomic E-state index is -1.82. The lowest BCUT2D eigenvalue weighted by molar-refractivity contribution is -0.162. The first-order valence-electron chi connectivity index (χ1n) is 19.2. The quantitative estimate of drug-likeness (QED) is 0.0307. The molecule has 0 bridgehead atoms. The van der Waals surface area contributed by atoms with Crippen molar-refractivity contribution in [3.05, 3.63) is 87.5 Å². The van der Waals surface area contributed by atoms with E-state index in [4.69, 9.17) is 4.74 Å². The summed E-state index contributed by atoms with van der Waals surface area (Å²) in [5, 5.41) is 102. The number of carbonyl (C=O) groups is 2. The van der Waals surface area contributed by atoms with Crippen LogP contribution in [0.4, 0.5) is 0 Å². The van der Waals surface area contributed by atoms with Crippen molar-refractivity contribution in [2.45, 2.75) is 63.4 Å². The zero-order chi connectivity index (χ0) is 41.8. The van der Waals surface area contributed by atoms with Gasteiger partial charge in [0, 0.05) is 35.2 Å². The van der Waals surface area contributed by atoms with Crippen LogP contribution in [0.1, 0.15) is 83.4 Å². The molecule has 0 aromatic heterocycles. The zero-order valence-corrected chi connectivity index (χ0v) is 32.1. The Morgan fingerprint density at radius 2 is 1.55 bits per heavy atom. The number of benzene rings is 4. The van der Waals surface area contributed by atoms with Crippen molar-refractivity contribution < 1.29 is 60.3 Å². The second-order valence-corrected chi connectivity index (χ2v) is 14.6. The molecule has 0 spiro atoms. The van der Waals surface area contributed by atoms with Crippen molar-refractivity contribution in [3.63, 3.8) is 0 Å². The number of aromatic hydroxyl groups is 8. The fourth-order valence-electron chi connectivity index (χ4n) is 8.18. The number of ether oxygens (including phenoxy) is 1. The number of carboxylic acid groups (broad SMARTS) is 1. The number of phenols is 8. The number of fused-ring (bicyclic) bond motifs is 4. The average Bonchev–Trinajstić information content (AvgIpc) is 3.39. The Kier molecular flexibility index (Phi) is 12.4. The molecule has 0 saturated heterocycles. The minimum absolute atomic E-state index is 0.0451. The lowest BCUT2D eigenvalue weighted by Crippen LogP contribution is -2.38. The molecule has 11 N–H and O–H groups in total. The van der Waals surface area contributed by atoms with Crippen molar-refractivity contribution in [2.24, 2.45) is 0 Å². The standard InChI is InChI=1S/C44H48N2O12/c1-3-46-21-31(25-18-33(48)41(54)34(49)19-25)43(44(56)57)58-37(52)13-12-22-17-35(50)42(55)38-23(7-6-14-45-2)15-24(16-29(22)38)30-20-36(51)40(53)28-10-4-8-26-27(39(28)30)9-5-11-32(26)47/h5,9,11-13,16-20,23,31,43,45-51,53-55H,3-4,6-8,10,14-15,21H2,1-2H3,(H,56,57). The van der Waals surface area contributed by atoms with Gasteiger partial charge in [-0.2, -0.15) is 0 Å². The fourth-order valence-corrected chi connectivity index (χ4v) is 8.18. The second-order valence-electron chi connectivity index (χ2n) is 14.6. The Labute approximate surface area is 334 Å². The van der Waals surface area contributed by atoms with Crippen molar-refractivity contribution in [1.82, 2.24) is 10.6 Å². The molecule has 0 aliphatic heterocycles. The van der Waals surface area contributed by atoms with Crippen LogP contribution in [-0.2, 0) is 27.2 Å². The predicted octanol–water partition coefficient (Wildman–Crippen LogP) is 5.92. The highest BCUT2D eigenvalue weighted by atomic mass is 16.6. The van der Waals surface area contributed by atoms with Gasteiger partial charge in [0.2, 0.25) is 6.10 Å². The maximum absolute atomic E-state index is 13.4. The Morgan fingerprint density at radius 1 is 0.862 bits per heavy atom. The van der Waals surface area contributed by atoms with Gasteiger partial charge < -0.3 is 61.3 Å². The van der Waals surface area contributed by atoms with Gasteiger partial charge in [-0.1, -0.05) is 25.1 Å². The number of likely N-dealkylation sites (N-methyl/N-ethyl adjacent to an activating group) is 1. The molecule has 306 valence electrons. The number of phenolic OH excluding ortho intramolecular Hbond substituents is 8. The molecular weight excluding hydrogens is 748 g/mol. The summed E-state index contributed by atoms with van der Waals surface area (Å²) in [6, 6.07) is 10.1. The van der Waals surface area contributed by atoms with E-state index in [1.54, 1.807) is 25.1 Å². The van der Waals surface area contributed by atoms with E-state index in [2.05, 4.69) is 10.6 Å². The summed E-state index contributed by atoms with van der Waals surface area (Å²) in [4.78, 5) is 26.0. The molecule has 6 rings (SSSR count). The molecule has 0 heterocycles. The summed E-state index contributed by atoms with van der Waals surface area (Å²) in [5.74, 6) is -7.46. The third-order valence-corrected chi connectivity index (χ3v) is 10.9. The molecule has 0 radical (unpaired) electrons. The van der Waals surface area contributed by atoms with Crippen LogP contribution in [-0.4, -0.2) is 90.7 Å². The number of rotatable bonds is 14. The number of carbonyl (C=O) groups excluding carboxylic acids is 1. The molecular formula is C44H48N2O12. The van der Waals surface area contributed by atoms with Gasteiger partial charge in [-0.15, -0.1) is 0 Å². The number of hydrogen-bond acceptors (Lipinski definition) is 13. The second kappa shape index (κ2) is 17.4. The van der Waals surface area contributed by atoms with Crippen molar-refractivity contribution in [1.29, 1.82) is 0 Å². The van der Waals surface area contributed by atoms with Crippen LogP contribution in [0.5, 0.6) is 46.0 Å². The van der Waals surface area contributed by atoms with E-state index in [9.17, 15) is 55.5 Å². The summed E-state index contributed by atoms with van der Waals surface area (Å²) in [6.07, 6.45) is 5.51. The van der Waals surface area contributed by atoms with Gasteiger partial charge in [0.1, 0.15) is 5.75 Å². The molecule has 4 aromatic rings. The zero-order valence-electron chi connectivity index (χ0n) is 32.1. The lowest BCUT2D eigenvalue weighted by Gasteiger charge is -2.30. The monoisotopic (exact) mass is 796 g/mol. The maximum atomic E-state index is 13.4. The van der Waals surface area contributed by atoms with Crippen LogP contribution in [0.3, 0.4) is 0 Å². The molecule has 58 heavy (non-hydrogen) atoms. The highest BCUT2D eigenvalue weighted by Gasteiger charge is 2.35. The molecule has 2 aliphatic rings. The van der Waals surface area contributed by atoms with E-state index in [1.165, 1.54) is 18.2 Å². The minimum Gasteiger partial charge on any atom is -0.508 e. The smallest absolute Gasteiger partial charge is 0.345 e. The number of carboxylic acids is 1. The lowest BCUT2D eigenvalue weighted by atomic mass is 9.75. The molecule has 0 saturated carbocycles. The third-order valence-electron chi connectivity index (χ3n) is 10.9. The topological polar surface area (TPSA) is 249 Å². The molecule has 14 heteroatoms. The highest BCUT2D eigenvalue weighted by molar-refractivity contribution is 5.98. The first-order chi connectivity index (χ1) is 27.7. The first kappa shape index (κ1) is 41.3. The first-order valence-corrected chi connectivity index (χ1v) is 19.2. The van der Waals surface area contributed by atoms with E-state index in [1.807, 2.05) is 13.1 Å². The van der Waals surface area contributed by atoms with Crippen molar-refractivity contribution >= 4 is 29.7 Å². The summed E-state index contributed by atoms with van der Waals surface area (Å²) in [7, 11) is 1.82. The summed E-state index contributed by atoms with van der Waals surface area (Å²) in [5.41, 5.74) is 5.20. The van der Waals surface area contributed by atoms with Gasteiger partial charge in [0.05, 0.1) is 0 Å². The molecule has 0 amide bonds. The molecule has 4 aromatic carbocycles. The molecule has 3 unspecified atom stereocenters.